The Balaban J connectivity index is 2.92. The first-order valence-electron chi connectivity index (χ1n) is 5.34. The highest BCUT2D eigenvalue weighted by molar-refractivity contribution is 6.30. The van der Waals surface area contributed by atoms with Crippen LogP contribution >= 0.6 is 11.6 Å². The highest BCUT2D eigenvalue weighted by Crippen LogP contribution is 2.28. The van der Waals surface area contributed by atoms with Crippen molar-refractivity contribution in [1.82, 2.24) is 5.32 Å². The van der Waals surface area contributed by atoms with Crippen LogP contribution in [0.25, 0.3) is 5.57 Å². The SMILES string of the molecule is CNCCC=C(C)c1cc(Cl)ccc1OC. The lowest BCUT2D eigenvalue weighted by Crippen LogP contribution is -2.06. The van der Waals surface area contributed by atoms with Crippen LogP contribution in [0.2, 0.25) is 5.02 Å². The number of allylic oxidation sites excluding steroid dienone is 1. The van der Waals surface area contributed by atoms with Gasteiger partial charge in [0.25, 0.3) is 0 Å². The highest BCUT2D eigenvalue weighted by Gasteiger charge is 2.05. The lowest BCUT2D eigenvalue weighted by atomic mass is 10.1. The Labute approximate surface area is 102 Å². The number of halogens is 1. The van der Waals surface area contributed by atoms with Crippen LogP contribution in [0, 0.1) is 0 Å². The van der Waals surface area contributed by atoms with Crippen molar-refractivity contribution in [3.05, 3.63) is 34.9 Å². The molecule has 0 saturated heterocycles. The first kappa shape index (κ1) is 13.1. The molecule has 0 spiro atoms. The second-order valence-corrected chi connectivity index (χ2v) is 4.06. The van der Waals surface area contributed by atoms with Crippen LogP contribution in [-0.4, -0.2) is 20.7 Å². The topological polar surface area (TPSA) is 21.3 Å². The molecule has 0 unspecified atom stereocenters. The zero-order valence-corrected chi connectivity index (χ0v) is 10.8. The summed E-state index contributed by atoms with van der Waals surface area (Å²) in [6, 6.07) is 5.67. The molecule has 0 aromatic heterocycles. The van der Waals surface area contributed by atoms with Crippen LogP contribution in [0.3, 0.4) is 0 Å². The number of rotatable bonds is 5. The minimum atomic E-state index is 0.733. The van der Waals surface area contributed by atoms with Gasteiger partial charge in [-0.25, -0.2) is 0 Å². The summed E-state index contributed by atoms with van der Waals surface area (Å²) in [7, 11) is 3.62. The molecule has 0 aliphatic carbocycles. The fraction of sp³-hybridized carbons (Fsp3) is 0.385. The first-order valence-corrected chi connectivity index (χ1v) is 5.72. The largest absolute Gasteiger partial charge is 0.496 e. The van der Waals surface area contributed by atoms with E-state index in [2.05, 4.69) is 18.3 Å². The summed E-state index contributed by atoms with van der Waals surface area (Å²) >= 11 is 5.98. The average Bonchev–Trinajstić information content (AvgIpc) is 2.29. The van der Waals surface area contributed by atoms with Crippen LogP contribution in [0.5, 0.6) is 5.75 Å². The highest BCUT2D eigenvalue weighted by atomic mass is 35.5. The van der Waals surface area contributed by atoms with E-state index in [9.17, 15) is 0 Å². The van der Waals surface area contributed by atoms with Gasteiger partial charge in [-0.1, -0.05) is 17.7 Å². The minimum Gasteiger partial charge on any atom is -0.496 e. The molecule has 2 nitrogen and oxygen atoms in total. The van der Waals surface area contributed by atoms with Gasteiger partial charge in [0, 0.05) is 10.6 Å². The minimum absolute atomic E-state index is 0.733. The zero-order valence-electron chi connectivity index (χ0n) is 10.0. The van der Waals surface area contributed by atoms with Crippen LogP contribution in [0.1, 0.15) is 18.9 Å². The van der Waals surface area contributed by atoms with E-state index in [4.69, 9.17) is 16.3 Å². The molecule has 0 heterocycles. The zero-order chi connectivity index (χ0) is 12.0. The molecule has 3 heteroatoms. The van der Waals surface area contributed by atoms with E-state index in [1.54, 1.807) is 7.11 Å². The van der Waals surface area contributed by atoms with Crippen LogP contribution in [-0.2, 0) is 0 Å². The summed E-state index contributed by atoms with van der Waals surface area (Å²) in [6.07, 6.45) is 3.18. The molecule has 1 N–H and O–H groups in total. The fourth-order valence-electron chi connectivity index (χ4n) is 1.53. The van der Waals surface area contributed by atoms with Gasteiger partial charge in [0.15, 0.2) is 0 Å². The molecule has 0 saturated carbocycles. The third-order valence-corrected chi connectivity index (χ3v) is 2.67. The third kappa shape index (κ3) is 3.54. The normalized spacial score (nSPS) is 11.6. The quantitative estimate of drug-likeness (QED) is 0.796. The Morgan fingerprint density at radius 3 is 2.88 bits per heavy atom. The first-order chi connectivity index (χ1) is 7.69. The average molecular weight is 240 g/mol. The van der Waals surface area contributed by atoms with Crippen molar-refractivity contribution < 1.29 is 4.74 Å². The number of methoxy groups -OCH3 is 1. The maximum absolute atomic E-state index is 5.98. The standard InChI is InChI=1S/C13H18ClNO/c1-10(5-4-8-15-2)12-9-11(14)6-7-13(12)16-3/h5-7,9,15H,4,8H2,1-3H3. The Morgan fingerprint density at radius 1 is 1.50 bits per heavy atom. The molecule has 0 atom stereocenters. The molecule has 0 aliphatic rings. The molecule has 0 aliphatic heterocycles. The van der Waals surface area contributed by atoms with Crippen LogP contribution in [0.15, 0.2) is 24.3 Å². The number of ether oxygens (including phenoxy) is 1. The monoisotopic (exact) mass is 239 g/mol. The molecule has 1 aromatic rings. The van der Waals surface area contributed by atoms with Gasteiger partial charge < -0.3 is 10.1 Å². The summed E-state index contributed by atoms with van der Waals surface area (Å²) in [5.74, 6) is 0.864. The van der Waals surface area contributed by atoms with Crippen molar-refractivity contribution >= 4 is 17.2 Å². The Morgan fingerprint density at radius 2 is 2.25 bits per heavy atom. The summed E-state index contributed by atoms with van der Waals surface area (Å²) in [4.78, 5) is 0. The van der Waals surface area contributed by atoms with Gasteiger partial charge in [0.1, 0.15) is 5.75 Å². The summed E-state index contributed by atoms with van der Waals surface area (Å²) in [5, 5.41) is 3.85. The van der Waals surface area contributed by atoms with Crippen molar-refractivity contribution in [2.45, 2.75) is 13.3 Å². The molecule has 1 rings (SSSR count). The maximum atomic E-state index is 5.98. The molecule has 0 fully saturated rings. The lowest BCUT2D eigenvalue weighted by molar-refractivity contribution is 0.413. The van der Waals surface area contributed by atoms with Crippen LogP contribution in [0.4, 0.5) is 0 Å². The Hall–Kier alpha value is -0.990. The summed E-state index contributed by atoms with van der Waals surface area (Å²) < 4.78 is 5.31. The van der Waals surface area contributed by atoms with E-state index in [0.717, 1.165) is 29.3 Å². The predicted molar refractivity (Wildman–Crippen MR) is 70.2 cm³/mol. The Bertz CT molecular complexity index is 374. The lowest BCUT2D eigenvalue weighted by Gasteiger charge is -2.09. The Kier molecular flexibility index (Phi) is 5.36. The van der Waals surface area contributed by atoms with E-state index >= 15 is 0 Å². The molecule has 88 valence electrons. The molecule has 1 aromatic carbocycles. The number of nitrogens with one attached hydrogen (secondary N) is 1. The second kappa shape index (κ2) is 6.56. The third-order valence-electron chi connectivity index (χ3n) is 2.43. The van der Waals surface area contributed by atoms with E-state index in [1.807, 2.05) is 25.2 Å². The van der Waals surface area contributed by atoms with Gasteiger partial charge in [0.2, 0.25) is 0 Å². The van der Waals surface area contributed by atoms with E-state index in [1.165, 1.54) is 5.57 Å². The number of benzene rings is 1. The second-order valence-electron chi connectivity index (χ2n) is 3.62. The van der Waals surface area contributed by atoms with Gasteiger partial charge in [-0.3, -0.25) is 0 Å². The molecule has 0 amide bonds. The van der Waals surface area contributed by atoms with Crippen LogP contribution < -0.4 is 10.1 Å². The molecule has 0 radical (unpaired) electrons. The summed E-state index contributed by atoms with van der Waals surface area (Å²) in [6.45, 7) is 3.05. The number of hydrogen-bond acceptors (Lipinski definition) is 2. The molecular formula is C13H18ClNO. The van der Waals surface area contributed by atoms with E-state index < -0.39 is 0 Å². The molecular weight excluding hydrogens is 222 g/mol. The summed E-state index contributed by atoms with van der Waals surface area (Å²) in [5.41, 5.74) is 2.25. The van der Waals surface area contributed by atoms with Crippen molar-refractivity contribution in [3.63, 3.8) is 0 Å². The fourth-order valence-corrected chi connectivity index (χ4v) is 1.70. The van der Waals surface area contributed by atoms with Gasteiger partial charge in [-0.05, 0) is 50.7 Å². The van der Waals surface area contributed by atoms with Crippen molar-refractivity contribution in [1.29, 1.82) is 0 Å². The van der Waals surface area contributed by atoms with Gasteiger partial charge in [-0.15, -0.1) is 0 Å². The van der Waals surface area contributed by atoms with E-state index in [-0.39, 0.29) is 0 Å². The van der Waals surface area contributed by atoms with Gasteiger partial charge >= 0.3 is 0 Å². The maximum Gasteiger partial charge on any atom is 0.126 e. The van der Waals surface area contributed by atoms with Gasteiger partial charge in [-0.2, -0.15) is 0 Å². The molecule has 0 bridgehead atoms. The van der Waals surface area contributed by atoms with Crippen molar-refractivity contribution in [2.75, 3.05) is 20.7 Å². The van der Waals surface area contributed by atoms with Gasteiger partial charge in [0.05, 0.1) is 7.11 Å². The number of hydrogen-bond donors (Lipinski definition) is 1. The predicted octanol–water partition coefficient (Wildman–Crippen LogP) is 3.36. The van der Waals surface area contributed by atoms with Crippen molar-refractivity contribution in [2.24, 2.45) is 0 Å². The van der Waals surface area contributed by atoms with Crippen molar-refractivity contribution in [3.8, 4) is 5.75 Å². The smallest absolute Gasteiger partial charge is 0.126 e. The van der Waals surface area contributed by atoms with E-state index in [0.29, 0.717) is 0 Å². The molecule has 16 heavy (non-hydrogen) atoms.